The lowest BCUT2D eigenvalue weighted by Crippen LogP contribution is -2.05. The zero-order valence-electron chi connectivity index (χ0n) is 11.7. The van der Waals surface area contributed by atoms with Gasteiger partial charge in [-0.15, -0.1) is 0 Å². The smallest absolute Gasteiger partial charge is 0.363 e. The summed E-state index contributed by atoms with van der Waals surface area (Å²) in [6, 6.07) is 13.1. The molecule has 0 saturated carbocycles. The lowest BCUT2D eigenvalue weighted by Gasteiger charge is -2.02. The van der Waals surface area contributed by atoms with E-state index in [9.17, 15) is 9.18 Å². The van der Waals surface area contributed by atoms with Crippen LogP contribution in [-0.4, -0.2) is 19.0 Å². The van der Waals surface area contributed by atoms with Gasteiger partial charge in [-0.1, -0.05) is 24.3 Å². The highest BCUT2D eigenvalue weighted by atomic mass is 19.1. The van der Waals surface area contributed by atoms with Crippen molar-refractivity contribution >= 4 is 17.9 Å². The molecule has 0 spiro atoms. The van der Waals surface area contributed by atoms with Crippen LogP contribution in [0.5, 0.6) is 5.75 Å². The van der Waals surface area contributed by atoms with Crippen molar-refractivity contribution in [3.63, 3.8) is 0 Å². The van der Waals surface area contributed by atoms with Gasteiger partial charge in [0.25, 0.3) is 0 Å². The van der Waals surface area contributed by atoms with Crippen molar-refractivity contribution < 1.29 is 18.7 Å². The number of carbonyl (C=O) groups excluding carboxylic acids is 1. The fourth-order valence-corrected chi connectivity index (χ4v) is 2.03. The topological polar surface area (TPSA) is 47.9 Å². The predicted molar refractivity (Wildman–Crippen MR) is 80.0 cm³/mol. The highest BCUT2D eigenvalue weighted by Gasteiger charge is 2.24. The second-order valence-corrected chi connectivity index (χ2v) is 4.59. The molecule has 0 aromatic heterocycles. The Kier molecular flexibility index (Phi) is 3.70. The first-order valence-electron chi connectivity index (χ1n) is 6.59. The zero-order valence-corrected chi connectivity index (χ0v) is 11.7. The molecule has 0 bridgehead atoms. The maximum absolute atomic E-state index is 13.6. The van der Waals surface area contributed by atoms with E-state index in [0.717, 1.165) is 0 Å². The Labute approximate surface area is 126 Å². The quantitative estimate of drug-likeness (QED) is 0.646. The summed E-state index contributed by atoms with van der Waals surface area (Å²) in [4.78, 5) is 16.0. The average molecular weight is 297 g/mol. The summed E-state index contributed by atoms with van der Waals surface area (Å²) in [5, 5.41) is 0. The number of methoxy groups -OCH3 is 1. The van der Waals surface area contributed by atoms with E-state index in [-0.39, 0.29) is 17.2 Å². The first-order chi connectivity index (χ1) is 10.7. The molecule has 0 atom stereocenters. The SMILES string of the molecule is COc1cccc(C2=NC(=Cc3ccccc3F)C(=O)O2)c1. The minimum absolute atomic E-state index is 0.0583. The minimum Gasteiger partial charge on any atom is -0.497 e. The Morgan fingerprint density at radius 2 is 2.00 bits per heavy atom. The van der Waals surface area contributed by atoms with Crippen LogP contribution < -0.4 is 4.74 Å². The molecule has 4 nitrogen and oxygen atoms in total. The van der Waals surface area contributed by atoms with Crippen LogP contribution in [0.3, 0.4) is 0 Å². The molecule has 110 valence electrons. The Balaban J connectivity index is 1.96. The number of nitrogens with zero attached hydrogens (tertiary/aromatic N) is 1. The van der Waals surface area contributed by atoms with Gasteiger partial charge in [-0.2, -0.15) is 0 Å². The van der Waals surface area contributed by atoms with Crippen molar-refractivity contribution in [2.75, 3.05) is 7.11 Å². The Bertz CT molecular complexity index is 796. The monoisotopic (exact) mass is 297 g/mol. The van der Waals surface area contributed by atoms with Crippen LogP contribution in [0, 0.1) is 5.82 Å². The standard InChI is InChI=1S/C17H12FNO3/c1-21-13-7-4-6-12(9-13)16-19-15(17(20)22-16)10-11-5-2-3-8-14(11)18/h2-10H,1H3. The molecule has 0 N–H and O–H groups in total. The van der Waals surface area contributed by atoms with Crippen molar-refractivity contribution in [2.24, 2.45) is 4.99 Å². The Morgan fingerprint density at radius 3 is 2.77 bits per heavy atom. The van der Waals surface area contributed by atoms with Crippen molar-refractivity contribution in [2.45, 2.75) is 0 Å². The van der Waals surface area contributed by atoms with E-state index in [4.69, 9.17) is 9.47 Å². The van der Waals surface area contributed by atoms with Gasteiger partial charge >= 0.3 is 5.97 Å². The maximum atomic E-state index is 13.6. The first-order valence-corrected chi connectivity index (χ1v) is 6.59. The fraction of sp³-hybridized carbons (Fsp3) is 0.0588. The summed E-state index contributed by atoms with van der Waals surface area (Å²) in [5.41, 5.74) is 0.956. The highest BCUT2D eigenvalue weighted by molar-refractivity contribution is 6.12. The molecule has 1 aliphatic heterocycles. The number of halogens is 1. The summed E-state index contributed by atoms with van der Waals surface area (Å²) in [7, 11) is 1.55. The van der Waals surface area contributed by atoms with Crippen LogP contribution in [-0.2, 0) is 9.53 Å². The average Bonchev–Trinajstić information content (AvgIpc) is 2.91. The van der Waals surface area contributed by atoms with Crippen LogP contribution in [0.15, 0.2) is 59.2 Å². The third kappa shape index (κ3) is 2.74. The summed E-state index contributed by atoms with van der Waals surface area (Å²) >= 11 is 0. The van der Waals surface area contributed by atoms with Crippen molar-refractivity contribution in [1.82, 2.24) is 0 Å². The molecule has 2 aromatic rings. The summed E-state index contributed by atoms with van der Waals surface area (Å²) in [6.45, 7) is 0. The van der Waals surface area contributed by atoms with Gasteiger partial charge in [0.15, 0.2) is 5.70 Å². The van der Waals surface area contributed by atoms with Gasteiger partial charge in [-0.25, -0.2) is 14.2 Å². The second kappa shape index (κ2) is 5.81. The highest BCUT2D eigenvalue weighted by Crippen LogP contribution is 2.22. The largest absolute Gasteiger partial charge is 0.497 e. The Morgan fingerprint density at radius 1 is 1.18 bits per heavy atom. The van der Waals surface area contributed by atoms with E-state index in [2.05, 4.69) is 4.99 Å². The molecule has 0 unspecified atom stereocenters. The van der Waals surface area contributed by atoms with Gasteiger partial charge in [-0.05, 0) is 30.3 Å². The molecule has 3 rings (SSSR count). The number of benzene rings is 2. The predicted octanol–water partition coefficient (Wildman–Crippen LogP) is 3.18. The van der Waals surface area contributed by atoms with E-state index >= 15 is 0 Å². The van der Waals surface area contributed by atoms with E-state index in [0.29, 0.717) is 11.3 Å². The number of aliphatic imine (C=N–C) groups is 1. The summed E-state index contributed by atoms with van der Waals surface area (Å²) < 4.78 is 23.9. The van der Waals surface area contributed by atoms with E-state index < -0.39 is 11.8 Å². The molecule has 0 aliphatic carbocycles. The number of rotatable bonds is 3. The minimum atomic E-state index is -0.610. The molecule has 0 saturated heterocycles. The number of ether oxygens (including phenoxy) is 2. The second-order valence-electron chi connectivity index (χ2n) is 4.59. The number of esters is 1. The molecule has 1 heterocycles. The maximum Gasteiger partial charge on any atom is 0.363 e. The van der Waals surface area contributed by atoms with Crippen LogP contribution in [0.1, 0.15) is 11.1 Å². The molecule has 1 aliphatic rings. The van der Waals surface area contributed by atoms with Gasteiger partial charge in [0.2, 0.25) is 5.90 Å². The van der Waals surface area contributed by atoms with Crippen LogP contribution in [0.25, 0.3) is 6.08 Å². The van der Waals surface area contributed by atoms with Gasteiger partial charge < -0.3 is 9.47 Å². The normalized spacial score (nSPS) is 15.6. The number of hydrogen-bond acceptors (Lipinski definition) is 4. The lowest BCUT2D eigenvalue weighted by molar-refractivity contribution is -0.129. The van der Waals surface area contributed by atoms with Gasteiger partial charge in [0, 0.05) is 11.1 Å². The number of hydrogen-bond donors (Lipinski definition) is 0. The first kappa shape index (κ1) is 14.0. The Hall–Kier alpha value is -2.95. The summed E-state index contributed by atoms with van der Waals surface area (Å²) in [6.07, 6.45) is 1.37. The molecule has 0 radical (unpaired) electrons. The van der Waals surface area contributed by atoms with Crippen molar-refractivity contribution in [1.29, 1.82) is 0 Å². The molecular weight excluding hydrogens is 285 g/mol. The van der Waals surface area contributed by atoms with Crippen molar-refractivity contribution in [3.8, 4) is 5.75 Å². The van der Waals surface area contributed by atoms with E-state index in [1.54, 1.807) is 49.6 Å². The molecular formula is C17H12FNO3. The third-order valence-corrected chi connectivity index (χ3v) is 3.13. The zero-order chi connectivity index (χ0) is 15.5. The van der Waals surface area contributed by atoms with Crippen LogP contribution in [0.4, 0.5) is 4.39 Å². The van der Waals surface area contributed by atoms with Gasteiger partial charge in [0.05, 0.1) is 7.11 Å². The van der Waals surface area contributed by atoms with E-state index in [1.165, 1.54) is 12.1 Å². The van der Waals surface area contributed by atoms with Gasteiger partial charge in [-0.3, -0.25) is 0 Å². The molecule has 5 heteroatoms. The molecule has 2 aromatic carbocycles. The van der Waals surface area contributed by atoms with E-state index in [1.807, 2.05) is 0 Å². The van der Waals surface area contributed by atoms with Crippen LogP contribution in [0.2, 0.25) is 0 Å². The molecule has 0 fully saturated rings. The molecule has 22 heavy (non-hydrogen) atoms. The fourth-order valence-electron chi connectivity index (χ4n) is 2.03. The lowest BCUT2D eigenvalue weighted by atomic mass is 10.2. The van der Waals surface area contributed by atoms with Crippen LogP contribution >= 0.6 is 0 Å². The number of cyclic esters (lactones) is 1. The molecule has 0 amide bonds. The third-order valence-electron chi connectivity index (χ3n) is 3.13. The summed E-state index contributed by atoms with van der Waals surface area (Å²) in [5.74, 6) is -0.233. The van der Waals surface area contributed by atoms with Gasteiger partial charge in [0.1, 0.15) is 11.6 Å². The number of carbonyl (C=O) groups is 1. The van der Waals surface area contributed by atoms with Crippen molar-refractivity contribution in [3.05, 3.63) is 71.2 Å².